The molecule has 0 spiro atoms. The van der Waals surface area contributed by atoms with Crippen LogP contribution in [0.2, 0.25) is 0 Å². The Balaban J connectivity index is 2.10. The molecule has 5 nitrogen and oxygen atoms in total. The number of phenolic OH excluding ortho intramolecular Hbond substituents is 1. The summed E-state index contributed by atoms with van der Waals surface area (Å²) in [5, 5.41) is 10.0. The van der Waals surface area contributed by atoms with Gasteiger partial charge in [0.05, 0.1) is 26.9 Å². The second-order valence-electron chi connectivity index (χ2n) is 4.97. The van der Waals surface area contributed by atoms with E-state index in [1.807, 2.05) is 18.2 Å². The second kappa shape index (κ2) is 7.54. The number of benzene rings is 2. The van der Waals surface area contributed by atoms with Gasteiger partial charge in [-0.2, -0.15) is 0 Å². The van der Waals surface area contributed by atoms with Crippen LogP contribution in [0.15, 0.2) is 36.4 Å². The minimum Gasteiger partial charge on any atom is -0.504 e. The van der Waals surface area contributed by atoms with Crippen LogP contribution in [0.1, 0.15) is 22.3 Å². The highest BCUT2D eigenvalue weighted by molar-refractivity contribution is 5.99. The Hall–Kier alpha value is -2.69. The Bertz CT molecular complexity index is 694. The third kappa shape index (κ3) is 3.74. The van der Waals surface area contributed by atoms with Crippen molar-refractivity contribution in [3.05, 3.63) is 47.5 Å². The number of ether oxygens (including phenoxy) is 3. The molecule has 0 aromatic heterocycles. The molecule has 0 fully saturated rings. The lowest BCUT2D eigenvalue weighted by Gasteiger charge is -2.10. The van der Waals surface area contributed by atoms with E-state index in [2.05, 4.69) is 0 Å². The van der Waals surface area contributed by atoms with Crippen molar-refractivity contribution in [1.29, 1.82) is 0 Å². The highest BCUT2D eigenvalue weighted by atomic mass is 16.5. The van der Waals surface area contributed by atoms with E-state index in [-0.39, 0.29) is 23.5 Å². The van der Waals surface area contributed by atoms with Gasteiger partial charge in [-0.3, -0.25) is 4.79 Å². The number of carbonyl (C=O) groups is 1. The summed E-state index contributed by atoms with van der Waals surface area (Å²) in [7, 11) is 4.60. The van der Waals surface area contributed by atoms with Gasteiger partial charge in [0.2, 0.25) is 0 Å². The molecule has 0 aliphatic rings. The first-order valence-corrected chi connectivity index (χ1v) is 7.20. The highest BCUT2D eigenvalue weighted by Crippen LogP contribution is 2.31. The van der Waals surface area contributed by atoms with E-state index in [1.54, 1.807) is 32.4 Å². The lowest BCUT2D eigenvalue weighted by Crippen LogP contribution is -2.03. The number of carbonyl (C=O) groups excluding carboxylic acids is 1. The van der Waals surface area contributed by atoms with E-state index in [9.17, 15) is 9.90 Å². The van der Waals surface area contributed by atoms with E-state index in [4.69, 9.17) is 14.2 Å². The van der Waals surface area contributed by atoms with Crippen molar-refractivity contribution in [1.82, 2.24) is 0 Å². The maximum Gasteiger partial charge on any atom is 0.168 e. The van der Waals surface area contributed by atoms with Gasteiger partial charge in [-0.05, 0) is 36.2 Å². The quantitative estimate of drug-likeness (QED) is 0.794. The largest absolute Gasteiger partial charge is 0.504 e. The fraction of sp³-hybridized carbons (Fsp3) is 0.278. The molecule has 0 atom stereocenters. The van der Waals surface area contributed by atoms with Crippen LogP contribution in [-0.4, -0.2) is 32.2 Å². The van der Waals surface area contributed by atoms with Crippen LogP contribution in [0.4, 0.5) is 0 Å². The Morgan fingerprint density at radius 3 is 2.30 bits per heavy atom. The third-order valence-corrected chi connectivity index (χ3v) is 3.61. The highest BCUT2D eigenvalue weighted by Gasteiger charge is 2.15. The van der Waals surface area contributed by atoms with Crippen molar-refractivity contribution in [3.63, 3.8) is 0 Å². The smallest absolute Gasteiger partial charge is 0.168 e. The van der Waals surface area contributed by atoms with Crippen molar-refractivity contribution < 1.29 is 24.1 Å². The number of methoxy groups -OCH3 is 3. The van der Waals surface area contributed by atoms with Crippen molar-refractivity contribution in [3.8, 4) is 23.0 Å². The van der Waals surface area contributed by atoms with E-state index >= 15 is 0 Å². The fourth-order valence-corrected chi connectivity index (χ4v) is 2.34. The maximum atomic E-state index is 12.3. The zero-order chi connectivity index (χ0) is 16.8. The van der Waals surface area contributed by atoms with Crippen LogP contribution in [0.25, 0.3) is 0 Å². The minimum absolute atomic E-state index is 0.118. The monoisotopic (exact) mass is 316 g/mol. The van der Waals surface area contributed by atoms with E-state index in [0.717, 1.165) is 5.56 Å². The molecule has 23 heavy (non-hydrogen) atoms. The number of hydrogen-bond donors (Lipinski definition) is 1. The molecule has 0 amide bonds. The summed E-state index contributed by atoms with van der Waals surface area (Å²) in [6, 6.07) is 10.4. The Morgan fingerprint density at radius 1 is 0.957 bits per heavy atom. The van der Waals surface area contributed by atoms with Gasteiger partial charge in [0.15, 0.2) is 28.8 Å². The first-order valence-electron chi connectivity index (χ1n) is 7.20. The van der Waals surface area contributed by atoms with E-state index in [1.165, 1.54) is 7.11 Å². The van der Waals surface area contributed by atoms with Crippen molar-refractivity contribution in [2.45, 2.75) is 12.8 Å². The first-order chi connectivity index (χ1) is 11.1. The summed E-state index contributed by atoms with van der Waals surface area (Å²) in [6.07, 6.45) is 0.812. The topological polar surface area (TPSA) is 65.0 Å². The molecule has 0 unspecified atom stereocenters. The van der Waals surface area contributed by atoms with Crippen molar-refractivity contribution in [2.24, 2.45) is 0 Å². The lowest BCUT2D eigenvalue weighted by atomic mass is 10.0. The number of Topliss-reactive ketones (excluding diaryl/α,β-unsaturated/α-hetero) is 1. The van der Waals surface area contributed by atoms with Gasteiger partial charge >= 0.3 is 0 Å². The molecular formula is C18H20O5. The molecule has 122 valence electrons. The number of rotatable bonds is 7. The molecular weight excluding hydrogens is 296 g/mol. The van der Waals surface area contributed by atoms with E-state index < -0.39 is 0 Å². The number of hydrogen-bond acceptors (Lipinski definition) is 5. The predicted molar refractivity (Wildman–Crippen MR) is 86.9 cm³/mol. The Kier molecular flexibility index (Phi) is 5.46. The normalized spacial score (nSPS) is 10.2. The van der Waals surface area contributed by atoms with Crippen molar-refractivity contribution >= 4 is 5.78 Å². The summed E-state index contributed by atoms with van der Waals surface area (Å²) in [5.74, 6) is 1.31. The van der Waals surface area contributed by atoms with Crippen LogP contribution in [0, 0.1) is 0 Å². The molecule has 0 aliphatic carbocycles. The molecule has 0 saturated heterocycles. The fourth-order valence-electron chi connectivity index (χ4n) is 2.34. The summed E-state index contributed by atoms with van der Waals surface area (Å²) in [5.41, 5.74) is 1.23. The van der Waals surface area contributed by atoms with Crippen LogP contribution in [0.5, 0.6) is 23.0 Å². The molecule has 2 aromatic rings. The van der Waals surface area contributed by atoms with Gasteiger partial charge in [-0.25, -0.2) is 0 Å². The molecule has 5 heteroatoms. The van der Waals surface area contributed by atoms with Gasteiger partial charge in [-0.1, -0.05) is 12.1 Å². The SMILES string of the molecule is COc1ccc(CCC(=O)c2cccc(OC)c2O)cc1OC. The summed E-state index contributed by atoms with van der Waals surface area (Å²) >= 11 is 0. The molecule has 2 aromatic carbocycles. The summed E-state index contributed by atoms with van der Waals surface area (Å²) < 4.78 is 15.5. The van der Waals surface area contributed by atoms with E-state index in [0.29, 0.717) is 23.7 Å². The number of para-hydroxylation sites is 1. The van der Waals surface area contributed by atoms with Crippen LogP contribution >= 0.6 is 0 Å². The number of phenols is 1. The molecule has 0 aliphatic heterocycles. The maximum absolute atomic E-state index is 12.3. The average molecular weight is 316 g/mol. The summed E-state index contributed by atoms with van der Waals surface area (Å²) in [6.45, 7) is 0. The minimum atomic E-state index is -0.142. The van der Waals surface area contributed by atoms with Gasteiger partial charge in [0, 0.05) is 6.42 Å². The zero-order valence-electron chi connectivity index (χ0n) is 13.5. The predicted octanol–water partition coefficient (Wildman–Crippen LogP) is 3.23. The Morgan fingerprint density at radius 2 is 1.65 bits per heavy atom. The number of aromatic hydroxyl groups is 1. The number of aryl methyl sites for hydroxylation is 1. The van der Waals surface area contributed by atoms with Crippen molar-refractivity contribution in [2.75, 3.05) is 21.3 Å². The first kappa shape index (κ1) is 16.7. The van der Waals surface area contributed by atoms with Crippen LogP contribution in [0.3, 0.4) is 0 Å². The summed E-state index contributed by atoms with van der Waals surface area (Å²) in [4.78, 5) is 12.3. The average Bonchev–Trinajstić information content (AvgIpc) is 2.59. The molecule has 0 heterocycles. The zero-order valence-corrected chi connectivity index (χ0v) is 13.5. The van der Waals surface area contributed by atoms with Gasteiger partial charge in [0.25, 0.3) is 0 Å². The molecule has 0 saturated carbocycles. The molecule has 2 rings (SSSR count). The standard InChI is InChI=1S/C18H20O5/c1-21-15-10-8-12(11-17(15)23-3)7-9-14(19)13-5-4-6-16(22-2)18(13)20/h4-6,8,10-11,20H,7,9H2,1-3H3. The van der Waals surface area contributed by atoms with Gasteiger partial charge in [-0.15, -0.1) is 0 Å². The number of ketones is 1. The van der Waals surface area contributed by atoms with Gasteiger partial charge < -0.3 is 19.3 Å². The molecule has 1 N–H and O–H groups in total. The molecule has 0 bridgehead atoms. The van der Waals surface area contributed by atoms with Gasteiger partial charge in [0.1, 0.15) is 0 Å². The third-order valence-electron chi connectivity index (χ3n) is 3.61. The van der Waals surface area contributed by atoms with Crippen LogP contribution in [-0.2, 0) is 6.42 Å². The molecule has 0 radical (unpaired) electrons. The Labute approximate surface area is 135 Å². The van der Waals surface area contributed by atoms with Crippen LogP contribution < -0.4 is 14.2 Å². The lowest BCUT2D eigenvalue weighted by molar-refractivity contribution is 0.0979. The second-order valence-corrected chi connectivity index (χ2v) is 4.97.